The highest BCUT2D eigenvalue weighted by molar-refractivity contribution is 7.89. The van der Waals surface area contributed by atoms with Gasteiger partial charge in [0, 0.05) is 23.7 Å². The van der Waals surface area contributed by atoms with E-state index in [9.17, 15) is 18.0 Å². The van der Waals surface area contributed by atoms with Crippen LogP contribution in [-0.4, -0.2) is 38.2 Å². The number of halogens is 1. The van der Waals surface area contributed by atoms with Crippen LogP contribution in [0.4, 0.5) is 0 Å². The van der Waals surface area contributed by atoms with Crippen molar-refractivity contribution in [3.63, 3.8) is 0 Å². The van der Waals surface area contributed by atoms with E-state index in [0.29, 0.717) is 34.0 Å². The van der Waals surface area contributed by atoms with Crippen molar-refractivity contribution in [1.29, 1.82) is 0 Å². The summed E-state index contributed by atoms with van der Waals surface area (Å²) in [4.78, 5) is 24.7. The number of hydrogen-bond acceptors (Lipinski definition) is 5. The lowest BCUT2D eigenvalue weighted by Crippen LogP contribution is -2.41. The van der Waals surface area contributed by atoms with E-state index in [1.54, 1.807) is 48.5 Å². The van der Waals surface area contributed by atoms with Crippen molar-refractivity contribution in [1.82, 2.24) is 9.62 Å². The highest BCUT2D eigenvalue weighted by Gasteiger charge is 2.36. The van der Waals surface area contributed by atoms with Crippen LogP contribution >= 0.6 is 11.6 Å². The summed E-state index contributed by atoms with van der Waals surface area (Å²) in [6, 6.07) is 17.3. The first kappa shape index (κ1) is 26.2. The number of methoxy groups -OCH3 is 1. The van der Waals surface area contributed by atoms with Crippen molar-refractivity contribution in [3.8, 4) is 5.75 Å². The molecule has 0 fully saturated rings. The number of amides is 2. The average molecular weight is 516 g/mol. The van der Waals surface area contributed by atoms with Crippen molar-refractivity contribution in [2.24, 2.45) is 5.73 Å². The van der Waals surface area contributed by atoms with Gasteiger partial charge in [0.1, 0.15) is 11.8 Å². The van der Waals surface area contributed by atoms with Crippen LogP contribution < -0.4 is 15.8 Å². The predicted molar refractivity (Wildman–Crippen MR) is 134 cm³/mol. The first-order valence-corrected chi connectivity index (χ1v) is 12.6. The van der Waals surface area contributed by atoms with Gasteiger partial charge in [-0.05, 0) is 66.6 Å². The fraction of sp³-hybridized carbons (Fsp3) is 0.200. The standard InChI is InChI=1S/C25H26ClN3O5S/c1-3-28-25(31)19-6-4-17(5-7-19)16-29(35(32,33)22-14-10-20(26)11-15-22)23(24(27)30)18-8-12-21(34-2)13-9-18/h4-15,23H,3,16H2,1-2H3,(H2,27,30)(H,28,31). The zero-order chi connectivity index (χ0) is 25.6. The number of nitrogens with one attached hydrogen (secondary N) is 1. The Balaban J connectivity index is 2.07. The molecule has 0 aliphatic rings. The molecule has 0 aromatic heterocycles. The van der Waals surface area contributed by atoms with Crippen LogP contribution in [0.25, 0.3) is 0 Å². The van der Waals surface area contributed by atoms with Crippen molar-refractivity contribution in [2.45, 2.75) is 24.4 Å². The van der Waals surface area contributed by atoms with Gasteiger partial charge in [0.05, 0.1) is 12.0 Å². The highest BCUT2D eigenvalue weighted by Crippen LogP contribution is 2.31. The maximum atomic E-state index is 13.7. The van der Waals surface area contributed by atoms with E-state index in [1.807, 2.05) is 6.92 Å². The molecule has 2 amide bonds. The van der Waals surface area contributed by atoms with Crippen molar-refractivity contribution < 1.29 is 22.7 Å². The van der Waals surface area contributed by atoms with E-state index < -0.39 is 22.0 Å². The lowest BCUT2D eigenvalue weighted by Gasteiger charge is -2.29. The van der Waals surface area contributed by atoms with Crippen LogP contribution in [0.15, 0.2) is 77.7 Å². The van der Waals surface area contributed by atoms with E-state index in [-0.39, 0.29) is 17.3 Å². The van der Waals surface area contributed by atoms with Gasteiger partial charge >= 0.3 is 0 Å². The average Bonchev–Trinajstić information content (AvgIpc) is 2.84. The Morgan fingerprint density at radius 1 is 1.00 bits per heavy atom. The summed E-state index contributed by atoms with van der Waals surface area (Å²) >= 11 is 5.94. The van der Waals surface area contributed by atoms with E-state index in [4.69, 9.17) is 22.1 Å². The number of rotatable bonds is 10. The molecule has 0 spiro atoms. The monoisotopic (exact) mass is 515 g/mol. The summed E-state index contributed by atoms with van der Waals surface area (Å²) in [6.45, 7) is 2.13. The molecule has 0 radical (unpaired) electrons. The van der Waals surface area contributed by atoms with Crippen LogP contribution in [-0.2, 0) is 21.4 Å². The number of ether oxygens (including phenoxy) is 1. The maximum absolute atomic E-state index is 13.7. The highest BCUT2D eigenvalue weighted by atomic mass is 35.5. The minimum Gasteiger partial charge on any atom is -0.497 e. The maximum Gasteiger partial charge on any atom is 0.251 e. The molecule has 35 heavy (non-hydrogen) atoms. The van der Waals surface area contributed by atoms with Gasteiger partial charge in [-0.15, -0.1) is 0 Å². The summed E-state index contributed by atoms with van der Waals surface area (Å²) in [5.74, 6) is -0.533. The van der Waals surface area contributed by atoms with E-state index in [2.05, 4.69) is 5.32 Å². The summed E-state index contributed by atoms with van der Waals surface area (Å²) in [7, 11) is -2.69. The topological polar surface area (TPSA) is 119 Å². The van der Waals surface area contributed by atoms with Crippen molar-refractivity contribution in [3.05, 3.63) is 94.5 Å². The molecule has 0 aliphatic carbocycles. The summed E-state index contributed by atoms with van der Waals surface area (Å²) in [5, 5.41) is 3.08. The number of benzene rings is 3. The van der Waals surface area contributed by atoms with Gasteiger partial charge in [0.25, 0.3) is 5.91 Å². The van der Waals surface area contributed by atoms with Crippen LogP contribution in [0, 0.1) is 0 Å². The largest absolute Gasteiger partial charge is 0.497 e. The van der Waals surface area contributed by atoms with Crippen LogP contribution in [0.5, 0.6) is 5.75 Å². The number of primary amides is 1. The number of carbonyl (C=O) groups excluding carboxylic acids is 2. The first-order valence-electron chi connectivity index (χ1n) is 10.7. The second-order valence-corrected chi connectivity index (χ2v) is 9.97. The molecule has 3 rings (SSSR count). The Morgan fingerprint density at radius 3 is 2.11 bits per heavy atom. The fourth-order valence-electron chi connectivity index (χ4n) is 3.52. The summed E-state index contributed by atoms with van der Waals surface area (Å²) in [5.41, 5.74) is 7.12. The Kier molecular flexibility index (Phi) is 8.50. The number of nitrogens with zero attached hydrogens (tertiary/aromatic N) is 1. The molecular weight excluding hydrogens is 490 g/mol. The smallest absolute Gasteiger partial charge is 0.251 e. The van der Waals surface area contributed by atoms with Gasteiger partial charge in [-0.3, -0.25) is 9.59 Å². The molecule has 3 aromatic carbocycles. The number of carbonyl (C=O) groups is 2. The minimum absolute atomic E-state index is 0.0411. The Labute approximate surface area is 209 Å². The molecule has 0 saturated heterocycles. The summed E-state index contributed by atoms with van der Waals surface area (Å²) < 4.78 is 33.7. The molecule has 3 N–H and O–H groups in total. The summed E-state index contributed by atoms with van der Waals surface area (Å²) in [6.07, 6.45) is 0. The van der Waals surface area contributed by atoms with E-state index in [0.717, 1.165) is 4.31 Å². The number of hydrogen-bond donors (Lipinski definition) is 2. The zero-order valence-corrected chi connectivity index (χ0v) is 20.8. The SMILES string of the molecule is CCNC(=O)c1ccc(CN(C(C(N)=O)c2ccc(OC)cc2)S(=O)(=O)c2ccc(Cl)cc2)cc1. The molecule has 0 bridgehead atoms. The van der Waals surface area contributed by atoms with E-state index in [1.165, 1.54) is 31.4 Å². The zero-order valence-electron chi connectivity index (χ0n) is 19.3. The van der Waals surface area contributed by atoms with Crippen LogP contribution in [0.2, 0.25) is 5.02 Å². The number of sulfonamides is 1. The van der Waals surface area contributed by atoms with Crippen LogP contribution in [0.1, 0.15) is 34.5 Å². The number of nitrogens with two attached hydrogens (primary N) is 1. The first-order chi connectivity index (χ1) is 16.7. The molecule has 0 heterocycles. The van der Waals surface area contributed by atoms with Crippen LogP contribution in [0.3, 0.4) is 0 Å². The normalized spacial score (nSPS) is 12.2. The third kappa shape index (κ3) is 6.19. The predicted octanol–water partition coefficient (Wildman–Crippen LogP) is 3.52. The molecule has 1 atom stereocenters. The molecular formula is C25H26ClN3O5S. The van der Waals surface area contributed by atoms with Gasteiger partial charge in [0.15, 0.2) is 0 Å². The fourth-order valence-corrected chi connectivity index (χ4v) is 5.22. The van der Waals surface area contributed by atoms with Gasteiger partial charge in [-0.25, -0.2) is 8.42 Å². The Bertz CT molecular complexity index is 1280. The van der Waals surface area contributed by atoms with Gasteiger partial charge in [-0.1, -0.05) is 35.9 Å². The third-order valence-electron chi connectivity index (χ3n) is 5.30. The van der Waals surface area contributed by atoms with Crippen molar-refractivity contribution >= 4 is 33.4 Å². The lowest BCUT2D eigenvalue weighted by molar-refractivity contribution is -0.122. The minimum atomic E-state index is -4.20. The molecule has 8 nitrogen and oxygen atoms in total. The van der Waals surface area contributed by atoms with Crippen molar-refractivity contribution in [2.75, 3.05) is 13.7 Å². The molecule has 184 valence electrons. The van der Waals surface area contributed by atoms with Gasteiger partial charge in [-0.2, -0.15) is 4.31 Å². The quantitative estimate of drug-likeness (QED) is 0.428. The molecule has 0 aliphatic heterocycles. The second kappa shape index (κ2) is 11.4. The Morgan fingerprint density at radius 2 is 1.60 bits per heavy atom. The molecule has 1 unspecified atom stereocenters. The molecule has 10 heteroatoms. The second-order valence-electron chi connectivity index (χ2n) is 7.64. The van der Waals surface area contributed by atoms with Gasteiger partial charge < -0.3 is 15.8 Å². The third-order valence-corrected chi connectivity index (χ3v) is 7.38. The molecule has 0 saturated carbocycles. The lowest BCUT2D eigenvalue weighted by atomic mass is 10.1. The van der Waals surface area contributed by atoms with E-state index >= 15 is 0 Å². The Hall–Kier alpha value is -3.40. The van der Waals surface area contributed by atoms with Gasteiger partial charge in [0.2, 0.25) is 15.9 Å². The molecule has 3 aromatic rings.